The van der Waals surface area contributed by atoms with Crippen LogP contribution in [0.3, 0.4) is 0 Å². The van der Waals surface area contributed by atoms with E-state index in [4.69, 9.17) is 0 Å². The maximum atomic E-state index is 10.7. The number of nitrogens with zero attached hydrogens (tertiary/aromatic N) is 1. The number of fused-ring (bicyclic) bond motifs is 1. The third-order valence-corrected chi connectivity index (χ3v) is 5.86. The van der Waals surface area contributed by atoms with Crippen molar-refractivity contribution in [3.05, 3.63) is 24.3 Å². The number of benzene rings is 1. The molecule has 0 radical (unpaired) electrons. The Kier molecular flexibility index (Phi) is 3.12. The van der Waals surface area contributed by atoms with E-state index in [1.807, 2.05) is 18.2 Å². The topological polar surface area (TPSA) is 42.0 Å². The van der Waals surface area contributed by atoms with Crippen LogP contribution in [-0.4, -0.2) is 31.3 Å². The van der Waals surface area contributed by atoms with Crippen LogP contribution in [0.1, 0.15) is 6.92 Å². The maximum absolute atomic E-state index is 10.7. The third-order valence-electron chi connectivity index (χ3n) is 1.56. The normalized spacial score (nSPS) is 10.4. The summed E-state index contributed by atoms with van der Waals surface area (Å²) >= 11 is 0.998. The second-order valence-corrected chi connectivity index (χ2v) is 7.25. The van der Waals surface area contributed by atoms with Gasteiger partial charge in [0.05, 0.1) is 0 Å². The molecule has 1 aromatic carbocycles. The summed E-state index contributed by atoms with van der Waals surface area (Å²) in [5.41, 5.74) is 1.07. The molecular weight excluding hydrogens is 312 g/mol. The van der Waals surface area contributed by atoms with Gasteiger partial charge in [-0.25, -0.2) is 0 Å². The molecule has 14 heavy (non-hydrogen) atoms. The summed E-state index contributed by atoms with van der Waals surface area (Å²) in [4.78, 5) is 15.1. The quantitative estimate of drug-likeness (QED) is 0.673. The summed E-state index contributed by atoms with van der Waals surface area (Å²) in [6.07, 6.45) is 0. The summed E-state index contributed by atoms with van der Waals surface area (Å²) < 4.78 is 5.13. The first-order valence-corrected chi connectivity index (χ1v) is 7.19. The Hall–Kier alpha value is -0.500. The van der Waals surface area contributed by atoms with Crippen LogP contribution < -0.4 is 4.72 Å². The molecule has 0 aliphatic carbocycles. The number of rotatable bonds is 2. The number of hydrogen-bond donors (Lipinski definition) is 1. The molecule has 0 fully saturated rings. The van der Waals surface area contributed by atoms with E-state index in [1.54, 1.807) is 0 Å². The van der Waals surface area contributed by atoms with E-state index in [2.05, 4.69) is 15.8 Å². The van der Waals surface area contributed by atoms with E-state index in [1.165, 1.54) is 22.3 Å². The van der Waals surface area contributed by atoms with Crippen molar-refractivity contribution in [1.82, 2.24) is 9.71 Å². The summed E-state index contributed by atoms with van der Waals surface area (Å²) in [6.45, 7) is 1.51. The van der Waals surface area contributed by atoms with Crippen molar-refractivity contribution < 1.29 is 4.79 Å². The van der Waals surface area contributed by atoms with Gasteiger partial charge in [-0.3, -0.25) is 0 Å². The van der Waals surface area contributed by atoms with Crippen molar-refractivity contribution in [2.75, 3.05) is 0 Å². The van der Waals surface area contributed by atoms with Gasteiger partial charge in [0.15, 0.2) is 0 Å². The number of nitrogens with one attached hydrogen (secondary N) is 1. The van der Waals surface area contributed by atoms with Gasteiger partial charge in [0.25, 0.3) is 0 Å². The number of amides is 1. The van der Waals surface area contributed by atoms with Crippen molar-refractivity contribution in [3.8, 4) is 0 Å². The van der Waals surface area contributed by atoms with Crippen molar-refractivity contribution in [1.29, 1.82) is 0 Å². The molecule has 1 N–H and O–H groups in total. The molecule has 1 amide bonds. The molecule has 3 nitrogen and oxygen atoms in total. The van der Waals surface area contributed by atoms with E-state index in [-0.39, 0.29) is 26.3 Å². The Labute approximate surface area is 95.7 Å². The van der Waals surface area contributed by atoms with E-state index in [9.17, 15) is 4.79 Å². The molecule has 1 heterocycles. The first-order chi connectivity index (χ1) is 6.75. The zero-order chi connectivity index (χ0) is 9.97. The first-order valence-electron chi connectivity index (χ1n) is 4.05. The molecule has 0 atom stereocenters. The van der Waals surface area contributed by atoms with E-state index < -0.39 is 0 Å². The number of aromatic nitrogens is 1. The molecule has 1 aromatic heterocycles. The predicted molar refractivity (Wildman–Crippen MR) is 58.4 cm³/mol. The molecule has 0 aliphatic heterocycles. The van der Waals surface area contributed by atoms with Crippen molar-refractivity contribution in [2.24, 2.45) is 0 Å². The number of para-hydroxylation sites is 1. The Balaban J connectivity index is 2.22. The van der Waals surface area contributed by atoms with Gasteiger partial charge >= 0.3 is 95.9 Å². The summed E-state index contributed by atoms with van der Waals surface area (Å²) in [5.74, 6) is -0.0267. The summed E-state index contributed by atoms with van der Waals surface area (Å²) in [6, 6.07) is 8.15. The second-order valence-electron chi connectivity index (χ2n) is 2.71. The predicted octanol–water partition coefficient (Wildman–Crippen LogP) is 1.43. The van der Waals surface area contributed by atoms with E-state index in [0.717, 1.165) is 8.56 Å². The van der Waals surface area contributed by atoms with E-state index in [0.29, 0.717) is 0 Å². The minimum absolute atomic E-state index is 0.0267. The fraction of sp³-hybridized carbons (Fsp3) is 0.111. The molecule has 0 spiro atoms. The molecular formula is C9H8N2OSTe. The fourth-order valence-corrected chi connectivity index (χ4v) is 4.73. The van der Waals surface area contributed by atoms with E-state index >= 15 is 0 Å². The van der Waals surface area contributed by atoms with Crippen LogP contribution in [0, 0.1) is 0 Å². The average Bonchev–Trinajstić information content (AvgIpc) is 2.57. The van der Waals surface area contributed by atoms with Gasteiger partial charge in [0.1, 0.15) is 0 Å². The Morgan fingerprint density at radius 3 is 3.00 bits per heavy atom. The van der Waals surface area contributed by atoms with Gasteiger partial charge in [0.2, 0.25) is 0 Å². The molecule has 0 bridgehead atoms. The SMILES string of the molecule is CC(=O)NSc1nc2ccccc2[te]1. The van der Waals surface area contributed by atoms with Crippen LogP contribution in [-0.2, 0) is 4.79 Å². The van der Waals surface area contributed by atoms with Crippen LogP contribution in [0.5, 0.6) is 0 Å². The summed E-state index contributed by atoms with van der Waals surface area (Å²) in [5, 5.41) is 0. The van der Waals surface area contributed by atoms with Crippen LogP contribution in [0.15, 0.2) is 27.3 Å². The molecule has 0 saturated heterocycles. The van der Waals surface area contributed by atoms with Gasteiger partial charge in [-0.1, -0.05) is 0 Å². The van der Waals surface area contributed by atoms with Crippen molar-refractivity contribution in [3.63, 3.8) is 0 Å². The second kappa shape index (κ2) is 4.35. The molecule has 0 saturated carbocycles. The Morgan fingerprint density at radius 2 is 2.29 bits per heavy atom. The molecule has 2 rings (SSSR count). The third kappa shape index (κ3) is 2.30. The van der Waals surface area contributed by atoms with Crippen molar-refractivity contribution >= 4 is 47.2 Å². The van der Waals surface area contributed by atoms with Crippen LogP contribution >= 0.6 is 11.9 Å². The van der Waals surface area contributed by atoms with Crippen LogP contribution in [0.4, 0.5) is 0 Å². The average molecular weight is 320 g/mol. The molecule has 2 aromatic rings. The van der Waals surface area contributed by atoms with Gasteiger partial charge < -0.3 is 0 Å². The fourth-order valence-electron chi connectivity index (χ4n) is 1.01. The van der Waals surface area contributed by atoms with Gasteiger partial charge in [-0.05, 0) is 0 Å². The zero-order valence-electron chi connectivity index (χ0n) is 7.48. The van der Waals surface area contributed by atoms with Crippen LogP contribution in [0.2, 0.25) is 0 Å². The Bertz CT molecular complexity index is 436. The minimum atomic E-state index is -0.359. The van der Waals surface area contributed by atoms with Crippen LogP contribution in [0.25, 0.3) is 8.92 Å². The molecule has 5 heteroatoms. The van der Waals surface area contributed by atoms with Crippen molar-refractivity contribution in [2.45, 2.75) is 9.97 Å². The standard InChI is InChI=1S/C9H8N2OSTe/c1-6(12)11-13-9-10-7-4-2-3-5-8(7)14-9/h2-5H,1H3,(H,11,12). The monoisotopic (exact) mass is 322 g/mol. The number of carbonyl (C=O) groups excluding carboxylic acids is 1. The Morgan fingerprint density at radius 1 is 1.50 bits per heavy atom. The first kappa shape index (κ1) is 10.0. The molecule has 0 aliphatic rings. The number of carbonyl (C=O) groups is 1. The summed E-state index contributed by atoms with van der Waals surface area (Å²) in [7, 11) is 0. The molecule has 0 unspecified atom stereocenters. The van der Waals surface area contributed by atoms with Gasteiger partial charge in [0, 0.05) is 0 Å². The number of hydrogen-bond acceptors (Lipinski definition) is 3. The zero-order valence-corrected chi connectivity index (χ0v) is 10.6. The van der Waals surface area contributed by atoms with Gasteiger partial charge in [-0.15, -0.1) is 0 Å². The molecule has 72 valence electrons. The van der Waals surface area contributed by atoms with Gasteiger partial charge in [-0.2, -0.15) is 0 Å².